The van der Waals surface area contributed by atoms with Crippen molar-refractivity contribution < 1.29 is 29.3 Å². The van der Waals surface area contributed by atoms with Crippen LogP contribution in [0.5, 0.6) is 0 Å². The van der Waals surface area contributed by atoms with E-state index in [-0.39, 0.29) is 19.4 Å². The number of amides is 1. The monoisotopic (exact) mass is 247 g/mol. The van der Waals surface area contributed by atoms with Crippen molar-refractivity contribution in [3.63, 3.8) is 0 Å². The zero-order chi connectivity index (χ0) is 13.3. The molecule has 0 saturated carbocycles. The Morgan fingerprint density at radius 2 is 2.00 bits per heavy atom. The van der Waals surface area contributed by atoms with Gasteiger partial charge < -0.3 is 20.3 Å². The van der Waals surface area contributed by atoms with Gasteiger partial charge in [-0.05, 0) is 6.42 Å². The Bertz CT molecular complexity index is 278. The van der Waals surface area contributed by atoms with Crippen molar-refractivity contribution >= 4 is 17.7 Å². The van der Waals surface area contributed by atoms with Crippen molar-refractivity contribution in [1.82, 2.24) is 5.32 Å². The third kappa shape index (κ3) is 7.42. The number of nitrogens with one attached hydrogen (secondary N) is 1. The Kier molecular flexibility index (Phi) is 7.91. The lowest BCUT2D eigenvalue weighted by Crippen LogP contribution is -2.29. The predicted molar refractivity (Wildman–Crippen MR) is 57.0 cm³/mol. The fourth-order valence-corrected chi connectivity index (χ4v) is 1.02. The molecule has 0 spiro atoms. The highest BCUT2D eigenvalue weighted by Crippen LogP contribution is 1.95. The van der Waals surface area contributed by atoms with Gasteiger partial charge in [0.1, 0.15) is 12.5 Å². The number of ether oxygens (including phenoxy) is 1. The second-order valence-corrected chi connectivity index (χ2v) is 3.37. The molecule has 0 aliphatic rings. The molecule has 3 N–H and O–H groups in total. The molecule has 0 aromatic carbocycles. The van der Waals surface area contributed by atoms with Crippen molar-refractivity contribution in [2.75, 3.05) is 20.3 Å². The second kappa shape index (κ2) is 8.66. The highest BCUT2D eigenvalue weighted by molar-refractivity contribution is 5.94. The number of aliphatic hydroxyl groups excluding tert-OH is 2. The van der Waals surface area contributed by atoms with E-state index in [1.165, 1.54) is 7.11 Å². The number of ketones is 1. The number of esters is 1. The number of methoxy groups -OCH3 is 1. The van der Waals surface area contributed by atoms with Crippen molar-refractivity contribution in [2.24, 2.45) is 0 Å². The molecule has 7 heteroatoms. The van der Waals surface area contributed by atoms with Crippen LogP contribution in [0.1, 0.15) is 19.3 Å². The quantitative estimate of drug-likeness (QED) is 0.269. The molecule has 0 fully saturated rings. The second-order valence-electron chi connectivity index (χ2n) is 3.37. The Labute approximate surface area is 98.8 Å². The molecule has 0 aliphatic carbocycles. The molecule has 17 heavy (non-hydrogen) atoms. The van der Waals surface area contributed by atoms with Crippen LogP contribution in [0.15, 0.2) is 0 Å². The van der Waals surface area contributed by atoms with E-state index in [0.29, 0.717) is 6.42 Å². The van der Waals surface area contributed by atoms with Gasteiger partial charge in [0.15, 0.2) is 5.78 Å². The highest BCUT2D eigenvalue weighted by Gasteiger charge is 2.13. The van der Waals surface area contributed by atoms with Gasteiger partial charge in [0.05, 0.1) is 13.7 Å². The zero-order valence-electron chi connectivity index (χ0n) is 9.64. The summed E-state index contributed by atoms with van der Waals surface area (Å²) in [7, 11) is 1.19. The van der Waals surface area contributed by atoms with Crippen molar-refractivity contribution in [1.29, 1.82) is 0 Å². The number of carbonyl (C=O) groups excluding carboxylic acids is 3. The van der Waals surface area contributed by atoms with Gasteiger partial charge >= 0.3 is 5.97 Å². The molecule has 0 aromatic heterocycles. The maximum Gasteiger partial charge on any atom is 0.315 e. The van der Waals surface area contributed by atoms with Gasteiger partial charge in [-0.15, -0.1) is 0 Å². The van der Waals surface area contributed by atoms with Gasteiger partial charge in [-0.2, -0.15) is 0 Å². The van der Waals surface area contributed by atoms with Gasteiger partial charge in [-0.25, -0.2) is 0 Å². The Hall–Kier alpha value is -1.47. The van der Waals surface area contributed by atoms with Crippen LogP contribution in [0.4, 0.5) is 0 Å². The lowest BCUT2D eigenvalue weighted by Gasteiger charge is -2.06. The van der Waals surface area contributed by atoms with E-state index in [1.807, 2.05) is 0 Å². The highest BCUT2D eigenvalue weighted by atomic mass is 16.5. The largest absolute Gasteiger partial charge is 0.469 e. The number of rotatable bonds is 8. The normalized spacial score (nSPS) is 11.7. The topological polar surface area (TPSA) is 113 Å². The molecule has 1 atom stereocenters. The maximum atomic E-state index is 11.1. The average Bonchev–Trinajstić information content (AvgIpc) is 2.32. The van der Waals surface area contributed by atoms with E-state index >= 15 is 0 Å². The van der Waals surface area contributed by atoms with E-state index in [2.05, 4.69) is 10.1 Å². The smallest absolute Gasteiger partial charge is 0.315 e. The predicted octanol–water partition coefficient (Wildman–Crippen LogP) is -1.63. The molecule has 0 unspecified atom stereocenters. The molecule has 0 heterocycles. The lowest BCUT2D eigenvalue weighted by molar-refractivity contribution is -0.143. The number of Topliss-reactive ketones (excluding diaryl/α,β-unsaturated/α-hetero) is 1. The number of carbonyl (C=O) groups is 3. The lowest BCUT2D eigenvalue weighted by atomic mass is 10.1. The van der Waals surface area contributed by atoms with E-state index < -0.39 is 30.4 Å². The van der Waals surface area contributed by atoms with E-state index in [9.17, 15) is 14.4 Å². The van der Waals surface area contributed by atoms with Crippen LogP contribution in [0.25, 0.3) is 0 Å². The van der Waals surface area contributed by atoms with E-state index in [0.717, 1.165) is 0 Å². The van der Waals surface area contributed by atoms with Gasteiger partial charge in [0.25, 0.3) is 0 Å². The minimum atomic E-state index is -1.36. The SMILES string of the molecule is COC(=O)CC(=O)NCCCC(=O)[C@@H](O)CO. The van der Waals surface area contributed by atoms with Crippen molar-refractivity contribution in [3.8, 4) is 0 Å². The summed E-state index contributed by atoms with van der Waals surface area (Å²) in [5.74, 6) is -1.59. The summed E-state index contributed by atoms with van der Waals surface area (Å²) >= 11 is 0. The maximum absolute atomic E-state index is 11.1. The van der Waals surface area contributed by atoms with Crippen LogP contribution in [-0.4, -0.2) is 54.2 Å². The van der Waals surface area contributed by atoms with E-state index in [1.54, 1.807) is 0 Å². The minimum absolute atomic E-state index is 0.0558. The molecule has 0 bridgehead atoms. The molecule has 0 saturated heterocycles. The fourth-order valence-electron chi connectivity index (χ4n) is 1.02. The fraction of sp³-hybridized carbons (Fsp3) is 0.700. The van der Waals surface area contributed by atoms with Crippen LogP contribution in [0.2, 0.25) is 0 Å². The summed E-state index contributed by atoms with van der Waals surface area (Å²) < 4.78 is 4.30. The summed E-state index contributed by atoms with van der Waals surface area (Å²) in [6.07, 6.45) is -1.33. The van der Waals surface area contributed by atoms with Crippen LogP contribution in [0, 0.1) is 0 Å². The van der Waals surface area contributed by atoms with Crippen LogP contribution in [-0.2, 0) is 19.1 Å². The molecule has 0 aliphatic heterocycles. The number of aliphatic hydroxyl groups is 2. The Balaban J connectivity index is 3.61. The molecule has 0 radical (unpaired) electrons. The van der Waals surface area contributed by atoms with Crippen LogP contribution < -0.4 is 5.32 Å². The third-order valence-corrected chi connectivity index (χ3v) is 2.00. The number of hydrogen-bond donors (Lipinski definition) is 3. The Morgan fingerprint density at radius 1 is 1.35 bits per heavy atom. The first-order chi connectivity index (χ1) is 8.01. The standard InChI is InChI=1S/C10H17NO6/c1-17-10(16)5-9(15)11-4-2-3-7(13)8(14)6-12/h8,12,14H,2-6H2,1H3,(H,11,15)/t8-/m0/s1. The van der Waals surface area contributed by atoms with E-state index in [4.69, 9.17) is 10.2 Å². The Morgan fingerprint density at radius 3 is 2.53 bits per heavy atom. The first-order valence-corrected chi connectivity index (χ1v) is 5.16. The van der Waals surface area contributed by atoms with Crippen LogP contribution >= 0.6 is 0 Å². The third-order valence-electron chi connectivity index (χ3n) is 2.00. The van der Waals surface area contributed by atoms with Gasteiger partial charge in [-0.1, -0.05) is 0 Å². The zero-order valence-corrected chi connectivity index (χ0v) is 9.64. The van der Waals surface area contributed by atoms with Gasteiger partial charge in [0, 0.05) is 13.0 Å². The summed E-state index contributed by atoms with van der Waals surface area (Å²) in [6.45, 7) is -0.382. The van der Waals surface area contributed by atoms with Crippen molar-refractivity contribution in [2.45, 2.75) is 25.4 Å². The van der Waals surface area contributed by atoms with Gasteiger partial charge in [-0.3, -0.25) is 14.4 Å². The molecule has 98 valence electrons. The minimum Gasteiger partial charge on any atom is -0.469 e. The number of hydrogen-bond acceptors (Lipinski definition) is 6. The summed E-state index contributed by atoms with van der Waals surface area (Å²) in [5.41, 5.74) is 0. The molecule has 0 rings (SSSR count). The first-order valence-electron chi connectivity index (χ1n) is 5.16. The summed E-state index contributed by atoms with van der Waals surface area (Å²) in [4.78, 5) is 32.8. The van der Waals surface area contributed by atoms with Gasteiger partial charge in [0.2, 0.25) is 5.91 Å². The summed E-state index contributed by atoms with van der Waals surface area (Å²) in [5, 5.41) is 19.8. The molecule has 1 amide bonds. The summed E-state index contributed by atoms with van der Waals surface area (Å²) in [6, 6.07) is 0. The molecule has 7 nitrogen and oxygen atoms in total. The molecular weight excluding hydrogens is 230 g/mol. The van der Waals surface area contributed by atoms with Crippen LogP contribution in [0.3, 0.4) is 0 Å². The average molecular weight is 247 g/mol. The van der Waals surface area contributed by atoms with Crippen molar-refractivity contribution in [3.05, 3.63) is 0 Å². The molecule has 0 aromatic rings. The molecular formula is C10H17NO6. The first kappa shape index (κ1) is 15.5.